The molecule has 3 heterocycles. The van der Waals surface area contributed by atoms with Crippen LogP contribution in [0.1, 0.15) is 24.1 Å². The molecule has 2 aromatic heterocycles. The maximum atomic E-state index is 13.6. The Bertz CT molecular complexity index is 784. The van der Waals surface area contributed by atoms with Crippen LogP contribution in [0, 0.1) is 11.7 Å². The lowest BCUT2D eigenvalue weighted by Crippen LogP contribution is -2.50. The van der Waals surface area contributed by atoms with Crippen molar-refractivity contribution in [3.8, 4) is 0 Å². The van der Waals surface area contributed by atoms with Crippen LogP contribution in [0.2, 0.25) is 0 Å². The number of rotatable bonds is 3. The van der Waals surface area contributed by atoms with Crippen LogP contribution in [0.5, 0.6) is 0 Å². The first-order chi connectivity index (χ1) is 11.2. The molecular formula is C16H18FN5O. The average molecular weight is 315 g/mol. The molecule has 0 spiro atoms. The summed E-state index contributed by atoms with van der Waals surface area (Å²) in [7, 11) is 0. The zero-order valence-electron chi connectivity index (χ0n) is 12.8. The molecule has 1 fully saturated rings. The standard InChI is InChI=1S/C16H18FN5O/c17-13-6-18-10-19-16(13)21-7-11(8-21)9-22-15(23)5-12-3-1-2-4-14(12)20-22/h5-6,10-11H,1-4,7-9H2. The summed E-state index contributed by atoms with van der Waals surface area (Å²) >= 11 is 0. The van der Waals surface area contributed by atoms with Crippen LogP contribution in [0.15, 0.2) is 23.4 Å². The van der Waals surface area contributed by atoms with E-state index in [0.717, 1.165) is 36.9 Å². The van der Waals surface area contributed by atoms with Gasteiger partial charge in [0.25, 0.3) is 5.56 Å². The van der Waals surface area contributed by atoms with Crippen molar-refractivity contribution in [1.29, 1.82) is 0 Å². The average Bonchev–Trinajstić information content (AvgIpc) is 2.52. The summed E-state index contributed by atoms with van der Waals surface area (Å²) in [6.45, 7) is 1.94. The number of aryl methyl sites for hydroxylation is 2. The summed E-state index contributed by atoms with van der Waals surface area (Å²) in [4.78, 5) is 21.7. The van der Waals surface area contributed by atoms with E-state index in [2.05, 4.69) is 15.1 Å². The van der Waals surface area contributed by atoms with Crippen molar-refractivity contribution in [2.75, 3.05) is 18.0 Å². The minimum Gasteiger partial charge on any atom is -0.353 e. The van der Waals surface area contributed by atoms with Crippen molar-refractivity contribution < 1.29 is 4.39 Å². The van der Waals surface area contributed by atoms with E-state index < -0.39 is 5.82 Å². The highest BCUT2D eigenvalue weighted by Crippen LogP contribution is 2.25. The predicted molar refractivity (Wildman–Crippen MR) is 82.8 cm³/mol. The minimum atomic E-state index is -0.407. The van der Waals surface area contributed by atoms with E-state index in [1.807, 2.05) is 4.90 Å². The molecule has 0 amide bonds. The number of hydrogen-bond acceptors (Lipinski definition) is 5. The third kappa shape index (κ3) is 2.71. The molecular weight excluding hydrogens is 297 g/mol. The van der Waals surface area contributed by atoms with E-state index >= 15 is 0 Å². The van der Waals surface area contributed by atoms with Gasteiger partial charge in [-0.2, -0.15) is 5.10 Å². The lowest BCUT2D eigenvalue weighted by atomic mass is 9.96. The molecule has 0 unspecified atom stereocenters. The second kappa shape index (κ2) is 5.72. The summed E-state index contributed by atoms with van der Waals surface area (Å²) in [5.41, 5.74) is 2.14. The largest absolute Gasteiger partial charge is 0.353 e. The first-order valence-electron chi connectivity index (χ1n) is 8.01. The molecule has 120 valence electrons. The Kier molecular flexibility index (Phi) is 3.55. The summed E-state index contributed by atoms with van der Waals surface area (Å²) in [5.74, 6) is 0.216. The van der Waals surface area contributed by atoms with Gasteiger partial charge in [-0.15, -0.1) is 0 Å². The molecule has 1 aliphatic heterocycles. The van der Waals surface area contributed by atoms with Crippen LogP contribution in [0.3, 0.4) is 0 Å². The molecule has 0 bridgehead atoms. The molecule has 0 atom stereocenters. The molecule has 2 aliphatic rings. The van der Waals surface area contributed by atoms with Gasteiger partial charge >= 0.3 is 0 Å². The maximum Gasteiger partial charge on any atom is 0.267 e. The maximum absolute atomic E-state index is 13.6. The summed E-state index contributed by atoms with van der Waals surface area (Å²) < 4.78 is 15.2. The van der Waals surface area contributed by atoms with Crippen molar-refractivity contribution in [1.82, 2.24) is 19.7 Å². The van der Waals surface area contributed by atoms with E-state index in [-0.39, 0.29) is 11.5 Å². The Morgan fingerprint density at radius 1 is 1.26 bits per heavy atom. The molecule has 0 aromatic carbocycles. The number of nitrogens with zero attached hydrogens (tertiary/aromatic N) is 5. The second-order valence-corrected chi connectivity index (χ2v) is 6.31. The fourth-order valence-corrected chi connectivity index (χ4v) is 3.37. The molecule has 0 radical (unpaired) electrons. The number of hydrogen-bond donors (Lipinski definition) is 0. The SMILES string of the molecule is O=c1cc2c(nn1CC1CN(c3ncncc3F)C1)CCCC2. The van der Waals surface area contributed by atoms with Crippen molar-refractivity contribution in [3.63, 3.8) is 0 Å². The normalized spacial score (nSPS) is 17.7. The lowest BCUT2D eigenvalue weighted by molar-refractivity contribution is 0.327. The highest BCUT2D eigenvalue weighted by Gasteiger charge is 2.30. The van der Waals surface area contributed by atoms with Gasteiger partial charge in [0.2, 0.25) is 0 Å². The highest BCUT2D eigenvalue weighted by atomic mass is 19.1. The van der Waals surface area contributed by atoms with E-state index in [0.29, 0.717) is 25.5 Å². The fraction of sp³-hybridized carbons (Fsp3) is 0.500. The van der Waals surface area contributed by atoms with E-state index in [1.54, 1.807) is 10.7 Å². The quantitative estimate of drug-likeness (QED) is 0.851. The van der Waals surface area contributed by atoms with Crippen molar-refractivity contribution in [3.05, 3.63) is 46.0 Å². The van der Waals surface area contributed by atoms with Gasteiger partial charge in [-0.25, -0.2) is 19.0 Å². The van der Waals surface area contributed by atoms with Crippen LogP contribution in [-0.4, -0.2) is 32.8 Å². The van der Waals surface area contributed by atoms with Crippen LogP contribution >= 0.6 is 0 Å². The Labute approximate surface area is 133 Å². The molecule has 23 heavy (non-hydrogen) atoms. The topological polar surface area (TPSA) is 63.9 Å². The number of fused-ring (bicyclic) bond motifs is 1. The van der Waals surface area contributed by atoms with Gasteiger partial charge < -0.3 is 4.90 Å². The number of anilines is 1. The van der Waals surface area contributed by atoms with Crippen LogP contribution < -0.4 is 10.5 Å². The first kappa shape index (κ1) is 14.3. The third-order valence-electron chi connectivity index (χ3n) is 4.61. The van der Waals surface area contributed by atoms with Crippen molar-refractivity contribution in [2.24, 2.45) is 5.92 Å². The van der Waals surface area contributed by atoms with Crippen molar-refractivity contribution in [2.45, 2.75) is 32.2 Å². The first-order valence-corrected chi connectivity index (χ1v) is 8.01. The predicted octanol–water partition coefficient (Wildman–Crippen LogP) is 1.19. The van der Waals surface area contributed by atoms with Gasteiger partial charge in [0, 0.05) is 25.1 Å². The Balaban J connectivity index is 1.45. The molecule has 6 nitrogen and oxygen atoms in total. The fourth-order valence-electron chi connectivity index (χ4n) is 3.37. The van der Waals surface area contributed by atoms with Gasteiger partial charge in [-0.3, -0.25) is 4.79 Å². The number of aromatic nitrogens is 4. The van der Waals surface area contributed by atoms with Crippen LogP contribution in [0.25, 0.3) is 0 Å². The van der Waals surface area contributed by atoms with Gasteiger partial charge in [-0.05, 0) is 31.2 Å². The molecule has 1 aliphatic carbocycles. The van der Waals surface area contributed by atoms with Gasteiger partial charge in [-0.1, -0.05) is 0 Å². The van der Waals surface area contributed by atoms with Crippen molar-refractivity contribution >= 4 is 5.82 Å². The zero-order chi connectivity index (χ0) is 15.8. The summed E-state index contributed by atoms with van der Waals surface area (Å²) in [5, 5.41) is 4.54. The second-order valence-electron chi connectivity index (χ2n) is 6.31. The minimum absolute atomic E-state index is 0.0303. The van der Waals surface area contributed by atoms with Gasteiger partial charge in [0.15, 0.2) is 11.6 Å². The molecule has 4 rings (SSSR count). The Morgan fingerprint density at radius 3 is 2.91 bits per heavy atom. The molecule has 0 saturated carbocycles. The lowest BCUT2D eigenvalue weighted by Gasteiger charge is -2.40. The summed E-state index contributed by atoms with van der Waals surface area (Å²) in [6, 6.07) is 1.74. The molecule has 7 heteroatoms. The van der Waals surface area contributed by atoms with Crippen LogP contribution in [0.4, 0.5) is 10.2 Å². The van der Waals surface area contributed by atoms with E-state index in [1.165, 1.54) is 12.5 Å². The summed E-state index contributed by atoms with van der Waals surface area (Å²) in [6.07, 6.45) is 6.72. The smallest absolute Gasteiger partial charge is 0.267 e. The molecule has 0 N–H and O–H groups in total. The van der Waals surface area contributed by atoms with E-state index in [4.69, 9.17) is 0 Å². The van der Waals surface area contributed by atoms with Gasteiger partial charge in [0.1, 0.15) is 6.33 Å². The molecule has 1 saturated heterocycles. The monoisotopic (exact) mass is 315 g/mol. The van der Waals surface area contributed by atoms with Crippen LogP contribution in [-0.2, 0) is 19.4 Å². The van der Waals surface area contributed by atoms with Gasteiger partial charge in [0.05, 0.1) is 18.4 Å². The molecule has 2 aromatic rings. The third-order valence-corrected chi connectivity index (χ3v) is 4.61. The van der Waals surface area contributed by atoms with E-state index in [9.17, 15) is 9.18 Å². The Hall–Kier alpha value is -2.31. The highest BCUT2D eigenvalue weighted by molar-refractivity contribution is 5.41. The Morgan fingerprint density at radius 2 is 2.09 bits per heavy atom. The number of halogens is 1. The zero-order valence-corrected chi connectivity index (χ0v) is 12.8.